The third kappa shape index (κ3) is 8.33. The first-order valence-electron chi connectivity index (χ1n) is 14.0. The first-order valence-corrected chi connectivity index (χ1v) is 14.0. The lowest BCUT2D eigenvalue weighted by atomic mass is 9.97. The number of anilines is 1. The van der Waals surface area contributed by atoms with Crippen LogP contribution in [0.2, 0.25) is 0 Å². The Kier molecular flexibility index (Phi) is 9.98. The molecule has 4 heteroatoms. The molecular formula is C38H34N2O2. The quantitative estimate of drug-likeness (QED) is 0.0883. The Hall–Kier alpha value is -5.35. The van der Waals surface area contributed by atoms with Gasteiger partial charge in [-0.05, 0) is 70.3 Å². The minimum absolute atomic E-state index is 0.535. The fraction of sp³-hybridized carbons (Fsp3) is 0.0789. The zero-order valence-electron chi connectivity index (χ0n) is 23.7. The number of hydrazone groups is 1. The van der Waals surface area contributed by atoms with E-state index in [1.807, 2.05) is 115 Å². The predicted molar refractivity (Wildman–Crippen MR) is 174 cm³/mol. The highest BCUT2D eigenvalue weighted by molar-refractivity contribution is 5.82. The summed E-state index contributed by atoms with van der Waals surface area (Å²) in [5, 5.41) is 6.35. The van der Waals surface area contributed by atoms with Gasteiger partial charge in [-0.1, -0.05) is 115 Å². The topological polar surface area (TPSA) is 34.1 Å². The molecule has 0 fully saturated rings. The molecule has 0 aromatic heterocycles. The maximum atomic E-state index is 6.01. The maximum Gasteiger partial charge on any atom is 0.119 e. The highest BCUT2D eigenvalue weighted by Crippen LogP contribution is 2.28. The number of ether oxygens (including phenoxy) is 2. The molecule has 0 heterocycles. The summed E-state index contributed by atoms with van der Waals surface area (Å²) in [6, 6.07) is 46.9. The van der Waals surface area contributed by atoms with Crippen LogP contribution in [-0.4, -0.2) is 13.3 Å². The number of benzene rings is 5. The van der Waals surface area contributed by atoms with Crippen LogP contribution in [0.1, 0.15) is 22.3 Å². The van der Waals surface area contributed by atoms with E-state index in [-0.39, 0.29) is 0 Å². The molecule has 42 heavy (non-hydrogen) atoms. The molecule has 0 spiro atoms. The van der Waals surface area contributed by atoms with Crippen LogP contribution < -0.4 is 14.5 Å². The van der Waals surface area contributed by atoms with Gasteiger partial charge in [0.1, 0.15) is 24.7 Å². The van der Waals surface area contributed by atoms with Crippen LogP contribution in [0.5, 0.6) is 11.5 Å². The highest BCUT2D eigenvalue weighted by Gasteiger charge is 2.07. The van der Waals surface area contributed by atoms with Gasteiger partial charge >= 0.3 is 0 Å². The predicted octanol–water partition coefficient (Wildman–Crippen LogP) is 8.95. The van der Waals surface area contributed by atoms with Crippen molar-refractivity contribution in [3.05, 3.63) is 180 Å². The Balaban J connectivity index is 1.31. The van der Waals surface area contributed by atoms with E-state index in [2.05, 4.69) is 59.7 Å². The zero-order valence-corrected chi connectivity index (χ0v) is 23.7. The lowest BCUT2D eigenvalue weighted by Crippen LogP contribution is -2.07. The van der Waals surface area contributed by atoms with E-state index in [1.54, 1.807) is 6.21 Å². The summed E-state index contributed by atoms with van der Waals surface area (Å²) in [6.45, 7) is 1.07. The SMILES string of the molecule is CN(N=CC=CC=C(c1ccc(OCc2ccccc2)cc1)c1ccc(OCc2ccccc2)cc1)c1ccccc1. The Morgan fingerprint density at radius 3 is 1.50 bits per heavy atom. The van der Waals surface area contributed by atoms with Gasteiger partial charge in [-0.25, -0.2) is 0 Å². The molecule has 5 aromatic carbocycles. The summed E-state index contributed by atoms with van der Waals surface area (Å²) in [7, 11) is 1.93. The molecule has 0 saturated heterocycles. The fourth-order valence-electron chi connectivity index (χ4n) is 4.35. The Labute approximate surface area is 248 Å². The van der Waals surface area contributed by atoms with Crippen molar-refractivity contribution in [1.82, 2.24) is 0 Å². The standard InChI is InChI=1S/C38H34N2O2/c1-40(35-17-9-4-10-18-35)39-28-12-11-19-38(33-20-24-36(25-21-33)41-29-31-13-5-2-6-14-31)34-22-26-37(27-23-34)42-30-32-15-7-3-8-16-32/h2-28H,29-30H2,1H3. The van der Waals surface area contributed by atoms with Crippen molar-refractivity contribution in [3.63, 3.8) is 0 Å². The fourth-order valence-corrected chi connectivity index (χ4v) is 4.35. The number of hydrogen-bond acceptors (Lipinski definition) is 4. The first-order chi connectivity index (χ1) is 20.7. The van der Waals surface area contributed by atoms with Crippen molar-refractivity contribution < 1.29 is 9.47 Å². The summed E-state index contributed by atoms with van der Waals surface area (Å²) in [6.07, 6.45) is 7.85. The van der Waals surface area contributed by atoms with Gasteiger partial charge in [0, 0.05) is 13.3 Å². The molecule has 0 N–H and O–H groups in total. The van der Waals surface area contributed by atoms with Crippen LogP contribution >= 0.6 is 0 Å². The summed E-state index contributed by atoms with van der Waals surface area (Å²) in [5.74, 6) is 1.66. The van der Waals surface area contributed by atoms with Gasteiger partial charge in [0.05, 0.1) is 5.69 Å². The van der Waals surface area contributed by atoms with Gasteiger partial charge in [-0.15, -0.1) is 0 Å². The summed E-state index contributed by atoms with van der Waals surface area (Å²) in [5.41, 5.74) is 6.57. The average Bonchev–Trinajstić information content (AvgIpc) is 3.06. The molecular weight excluding hydrogens is 516 g/mol. The van der Waals surface area contributed by atoms with Crippen LogP contribution in [0, 0.1) is 0 Å². The molecule has 0 unspecified atom stereocenters. The molecule has 0 aliphatic rings. The van der Waals surface area contributed by atoms with E-state index in [4.69, 9.17) is 9.47 Å². The van der Waals surface area contributed by atoms with Crippen molar-refractivity contribution in [3.8, 4) is 11.5 Å². The van der Waals surface area contributed by atoms with E-state index in [9.17, 15) is 0 Å². The van der Waals surface area contributed by atoms with E-state index >= 15 is 0 Å². The number of rotatable bonds is 12. The maximum absolute atomic E-state index is 6.01. The zero-order chi connectivity index (χ0) is 28.8. The Morgan fingerprint density at radius 1 is 0.571 bits per heavy atom. The number of nitrogens with zero attached hydrogens (tertiary/aromatic N) is 2. The molecule has 0 bridgehead atoms. The van der Waals surface area contributed by atoms with Gasteiger partial charge in [-0.3, -0.25) is 5.01 Å². The van der Waals surface area contributed by atoms with Gasteiger partial charge in [0.25, 0.3) is 0 Å². The minimum Gasteiger partial charge on any atom is -0.489 e. The third-order valence-electron chi connectivity index (χ3n) is 6.66. The van der Waals surface area contributed by atoms with Crippen molar-refractivity contribution in [2.45, 2.75) is 13.2 Å². The van der Waals surface area contributed by atoms with E-state index in [1.165, 1.54) is 0 Å². The monoisotopic (exact) mass is 550 g/mol. The summed E-state index contributed by atoms with van der Waals surface area (Å²) >= 11 is 0. The largest absolute Gasteiger partial charge is 0.489 e. The Morgan fingerprint density at radius 2 is 1.02 bits per heavy atom. The van der Waals surface area contributed by atoms with E-state index in [0.717, 1.165) is 45.0 Å². The molecule has 0 amide bonds. The van der Waals surface area contributed by atoms with Gasteiger partial charge in [-0.2, -0.15) is 5.10 Å². The van der Waals surface area contributed by atoms with Gasteiger partial charge < -0.3 is 9.47 Å². The lowest BCUT2D eigenvalue weighted by Gasteiger charge is -2.12. The minimum atomic E-state index is 0.535. The second kappa shape index (κ2) is 14.9. The normalized spacial score (nSPS) is 11.0. The molecule has 4 nitrogen and oxygen atoms in total. The van der Waals surface area contributed by atoms with Crippen molar-refractivity contribution in [2.75, 3.05) is 12.1 Å². The summed E-state index contributed by atoms with van der Waals surface area (Å²) < 4.78 is 12.0. The average molecular weight is 551 g/mol. The van der Waals surface area contributed by atoms with Crippen LogP contribution in [0.15, 0.2) is 163 Å². The van der Waals surface area contributed by atoms with E-state index < -0.39 is 0 Å². The van der Waals surface area contributed by atoms with Crippen LogP contribution in [-0.2, 0) is 13.2 Å². The molecule has 0 aliphatic carbocycles. The molecule has 0 atom stereocenters. The molecule has 0 saturated carbocycles. The van der Waals surface area contributed by atoms with Crippen LogP contribution in [0.4, 0.5) is 5.69 Å². The van der Waals surface area contributed by atoms with Crippen molar-refractivity contribution in [2.24, 2.45) is 5.10 Å². The summed E-state index contributed by atoms with van der Waals surface area (Å²) in [4.78, 5) is 0. The number of hydrogen-bond donors (Lipinski definition) is 0. The van der Waals surface area contributed by atoms with Gasteiger partial charge in [0.2, 0.25) is 0 Å². The molecule has 0 radical (unpaired) electrons. The molecule has 208 valence electrons. The molecule has 0 aliphatic heterocycles. The van der Waals surface area contributed by atoms with Crippen molar-refractivity contribution >= 4 is 17.5 Å². The second-order valence-corrected chi connectivity index (χ2v) is 9.69. The van der Waals surface area contributed by atoms with Gasteiger partial charge in [0.15, 0.2) is 0 Å². The lowest BCUT2D eigenvalue weighted by molar-refractivity contribution is 0.306. The van der Waals surface area contributed by atoms with Crippen LogP contribution in [0.25, 0.3) is 5.57 Å². The van der Waals surface area contributed by atoms with E-state index in [0.29, 0.717) is 13.2 Å². The van der Waals surface area contributed by atoms with Crippen molar-refractivity contribution in [1.29, 1.82) is 0 Å². The first kappa shape index (κ1) is 28.2. The second-order valence-electron chi connectivity index (χ2n) is 9.69. The Bertz CT molecular complexity index is 1500. The third-order valence-corrected chi connectivity index (χ3v) is 6.66. The smallest absolute Gasteiger partial charge is 0.119 e. The molecule has 5 rings (SSSR count). The highest BCUT2D eigenvalue weighted by atomic mass is 16.5. The molecule has 5 aromatic rings. The number of para-hydroxylation sites is 1. The number of allylic oxidation sites excluding steroid dienone is 3. The van der Waals surface area contributed by atoms with Crippen LogP contribution in [0.3, 0.4) is 0 Å².